The number of ether oxygens (including phenoxy) is 4. The highest BCUT2D eigenvalue weighted by Crippen LogP contribution is 2.13. The van der Waals surface area contributed by atoms with Gasteiger partial charge in [0.2, 0.25) is 23.6 Å². The fraction of sp³-hybridized carbons (Fsp3) is 0.872. The molecular formula is C39H74N4O10. The Hall–Kier alpha value is -2.81. The first-order valence-corrected chi connectivity index (χ1v) is 20.4. The highest BCUT2D eigenvalue weighted by atomic mass is 16.5. The van der Waals surface area contributed by atoms with Crippen LogP contribution in [0.4, 0.5) is 0 Å². The van der Waals surface area contributed by atoms with E-state index >= 15 is 0 Å². The van der Waals surface area contributed by atoms with E-state index in [0.29, 0.717) is 91.4 Å². The third-order valence-corrected chi connectivity index (χ3v) is 8.53. The molecule has 53 heavy (non-hydrogen) atoms. The van der Waals surface area contributed by atoms with Gasteiger partial charge in [0.15, 0.2) is 0 Å². The summed E-state index contributed by atoms with van der Waals surface area (Å²) in [5.41, 5.74) is 0. The Bertz CT molecular complexity index is 925. The maximum absolute atomic E-state index is 12.3. The Morgan fingerprint density at radius 2 is 0.887 bits per heavy atom. The van der Waals surface area contributed by atoms with Gasteiger partial charge in [-0.05, 0) is 25.7 Å². The minimum atomic E-state index is -1.04. The van der Waals surface area contributed by atoms with Crippen LogP contribution in [0.2, 0.25) is 0 Å². The van der Waals surface area contributed by atoms with Crippen LogP contribution in [0.3, 0.4) is 0 Å². The first kappa shape index (κ1) is 50.2. The van der Waals surface area contributed by atoms with Crippen molar-refractivity contribution >= 4 is 29.6 Å². The lowest BCUT2D eigenvalue weighted by atomic mass is 10.0. The van der Waals surface area contributed by atoms with Crippen molar-refractivity contribution in [3.8, 4) is 0 Å². The van der Waals surface area contributed by atoms with Crippen LogP contribution >= 0.6 is 0 Å². The molecule has 14 heteroatoms. The van der Waals surface area contributed by atoms with E-state index in [1.165, 1.54) is 64.2 Å². The molecule has 0 spiro atoms. The van der Waals surface area contributed by atoms with Crippen molar-refractivity contribution in [3.05, 3.63) is 0 Å². The van der Waals surface area contributed by atoms with Gasteiger partial charge in [-0.3, -0.25) is 19.2 Å². The average Bonchev–Trinajstić information content (AvgIpc) is 3.14. The number of carbonyl (C=O) groups is 5. The van der Waals surface area contributed by atoms with Gasteiger partial charge in [0.1, 0.15) is 6.04 Å². The van der Waals surface area contributed by atoms with Crippen LogP contribution in [0.1, 0.15) is 142 Å². The summed E-state index contributed by atoms with van der Waals surface area (Å²) < 4.78 is 21.6. The van der Waals surface area contributed by atoms with Crippen LogP contribution in [0.5, 0.6) is 0 Å². The SMILES string of the molecule is CCCCCCCCCCCCCCCC(=O)N[C@@H](CCCCNC(=O)CCOCCOCCNC(=O)CCOCCOCCNC(=O)CC)C(=O)O. The van der Waals surface area contributed by atoms with Crippen molar-refractivity contribution in [2.24, 2.45) is 0 Å². The number of carboxylic acids is 1. The van der Waals surface area contributed by atoms with Gasteiger partial charge in [-0.25, -0.2) is 4.79 Å². The van der Waals surface area contributed by atoms with Crippen molar-refractivity contribution in [1.82, 2.24) is 21.3 Å². The van der Waals surface area contributed by atoms with Gasteiger partial charge in [-0.2, -0.15) is 0 Å². The zero-order chi connectivity index (χ0) is 39.0. The predicted molar refractivity (Wildman–Crippen MR) is 206 cm³/mol. The number of carbonyl (C=O) groups excluding carboxylic acids is 4. The van der Waals surface area contributed by atoms with Crippen LogP contribution < -0.4 is 21.3 Å². The van der Waals surface area contributed by atoms with Crippen molar-refractivity contribution in [2.75, 3.05) is 72.5 Å². The van der Waals surface area contributed by atoms with Crippen molar-refractivity contribution in [2.45, 2.75) is 148 Å². The third kappa shape index (κ3) is 37.3. The minimum absolute atomic E-state index is 0.0124. The molecule has 0 aliphatic carbocycles. The standard InChI is InChI=1S/C39H74N4O10/c1-3-5-6-7-8-9-10-11-12-13-14-15-16-20-38(47)43-34(39(48)49)19-17-18-23-40-36(45)21-26-50-31-33-53-29-25-42-37(46)22-27-51-30-32-52-28-24-41-35(44)4-2/h34H,3-33H2,1-2H3,(H,40,45)(H,41,44)(H,42,46)(H,43,47)(H,48,49)/t34-/m0/s1. The van der Waals surface area contributed by atoms with Gasteiger partial charge >= 0.3 is 5.97 Å². The molecule has 0 saturated carbocycles. The molecule has 0 aromatic carbocycles. The first-order valence-electron chi connectivity index (χ1n) is 20.4. The zero-order valence-electron chi connectivity index (χ0n) is 33.1. The Morgan fingerprint density at radius 3 is 1.36 bits per heavy atom. The molecule has 14 nitrogen and oxygen atoms in total. The number of carboxylic acid groups (broad SMARTS) is 1. The molecule has 0 aliphatic heterocycles. The Balaban J connectivity index is 3.60. The summed E-state index contributed by atoms with van der Waals surface area (Å²) >= 11 is 0. The lowest BCUT2D eigenvalue weighted by molar-refractivity contribution is -0.142. The monoisotopic (exact) mass is 759 g/mol. The lowest BCUT2D eigenvalue weighted by Crippen LogP contribution is -2.40. The van der Waals surface area contributed by atoms with Crippen LogP contribution in [-0.4, -0.2) is 113 Å². The Labute approximate surface area is 319 Å². The van der Waals surface area contributed by atoms with Crippen molar-refractivity contribution < 1.29 is 48.0 Å². The Kier molecular flexibility index (Phi) is 36.8. The molecule has 5 N–H and O–H groups in total. The second-order valence-electron chi connectivity index (χ2n) is 13.3. The van der Waals surface area contributed by atoms with E-state index in [2.05, 4.69) is 28.2 Å². The molecule has 0 rings (SSSR count). The summed E-state index contributed by atoms with van der Waals surface area (Å²) in [5.74, 6) is -1.55. The number of amides is 4. The fourth-order valence-corrected chi connectivity index (χ4v) is 5.33. The Morgan fingerprint density at radius 1 is 0.453 bits per heavy atom. The molecule has 4 amide bonds. The number of hydrogen-bond donors (Lipinski definition) is 5. The quantitative estimate of drug-likeness (QED) is 0.0542. The first-order chi connectivity index (χ1) is 25.8. The van der Waals surface area contributed by atoms with Crippen molar-refractivity contribution in [1.29, 1.82) is 0 Å². The van der Waals surface area contributed by atoms with Gasteiger partial charge in [0, 0.05) is 45.3 Å². The molecular weight excluding hydrogens is 684 g/mol. The number of nitrogens with one attached hydrogen (secondary N) is 4. The van der Waals surface area contributed by atoms with Gasteiger partial charge < -0.3 is 45.3 Å². The smallest absolute Gasteiger partial charge is 0.326 e. The number of hydrogen-bond acceptors (Lipinski definition) is 9. The maximum atomic E-state index is 12.3. The molecule has 0 fully saturated rings. The summed E-state index contributed by atoms with van der Waals surface area (Å²) in [6.45, 7) is 8.00. The van der Waals surface area contributed by atoms with E-state index < -0.39 is 12.0 Å². The number of rotatable bonds is 40. The largest absolute Gasteiger partial charge is 0.480 e. The van der Waals surface area contributed by atoms with Crippen LogP contribution in [-0.2, 0) is 42.9 Å². The maximum Gasteiger partial charge on any atom is 0.326 e. The summed E-state index contributed by atoms with van der Waals surface area (Å²) in [7, 11) is 0. The molecule has 0 aliphatic rings. The number of unbranched alkanes of at least 4 members (excludes halogenated alkanes) is 13. The van der Waals surface area contributed by atoms with Crippen molar-refractivity contribution in [3.63, 3.8) is 0 Å². The van der Waals surface area contributed by atoms with Crippen LogP contribution in [0.15, 0.2) is 0 Å². The summed E-state index contributed by atoms with van der Waals surface area (Å²) in [6, 6.07) is -0.915. The summed E-state index contributed by atoms with van der Waals surface area (Å²) in [6.07, 6.45) is 18.7. The second-order valence-corrected chi connectivity index (χ2v) is 13.3. The van der Waals surface area contributed by atoms with E-state index in [1.807, 2.05) is 0 Å². The van der Waals surface area contributed by atoms with E-state index in [9.17, 15) is 29.1 Å². The molecule has 0 heterocycles. The molecule has 0 aromatic heterocycles. The zero-order valence-corrected chi connectivity index (χ0v) is 33.1. The highest BCUT2D eigenvalue weighted by molar-refractivity contribution is 5.83. The van der Waals surface area contributed by atoms with Gasteiger partial charge in [-0.1, -0.05) is 90.9 Å². The second kappa shape index (κ2) is 38.9. The topological polar surface area (TPSA) is 191 Å². The molecule has 0 saturated heterocycles. The molecule has 0 unspecified atom stereocenters. The number of aliphatic carboxylic acids is 1. The molecule has 0 radical (unpaired) electrons. The minimum Gasteiger partial charge on any atom is -0.480 e. The molecule has 1 atom stereocenters. The highest BCUT2D eigenvalue weighted by Gasteiger charge is 2.19. The van der Waals surface area contributed by atoms with Gasteiger partial charge in [0.25, 0.3) is 0 Å². The normalized spacial score (nSPS) is 11.6. The molecule has 0 bridgehead atoms. The third-order valence-electron chi connectivity index (χ3n) is 8.53. The predicted octanol–water partition coefficient (Wildman–Crippen LogP) is 4.81. The molecule has 310 valence electrons. The fourth-order valence-electron chi connectivity index (χ4n) is 5.33. The molecule has 0 aromatic rings. The van der Waals surface area contributed by atoms with E-state index in [-0.39, 0.29) is 49.7 Å². The van der Waals surface area contributed by atoms with E-state index in [4.69, 9.17) is 18.9 Å². The van der Waals surface area contributed by atoms with Gasteiger partial charge in [-0.15, -0.1) is 0 Å². The average molecular weight is 759 g/mol. The van der Waals surface area contributed by atoms with E-state index in [0.717, 1.165) is 19.3 Å². The van der Waals surface area contributed by atoms with E-state index in [1.54, 1.807) is 6.92 Å². The summed E-state index contributed by atoms with van der Waals surface area (Å²) in [4.78, 5) is 58.9. The van der Waals surface area contributed by atoms with Crippen LogP contribution in [0.25, 0.3) is 0 Å². The van der Waals surface area contributed by atoms with Crippen LogP contribution in [0, 0.1) is 0 Å². The lowest BCUT2D eigenvalue weighted by Gasteiger charge is -2.14. The van der Waals surface area contributed by atoms with Gasteiger partial charge in [0.05, 0.1) is 52.9 Å². The summed E-state index contributed by atoms with van der Waals surface area (Å²) in [5, 5.41) is 20.4.